The molecule has 0 N–H and O–H groups in total. The average molecular weight is 258 g/mol. The molecular formula is C14H17F3O. The van der Waals surface area contributed by atoms with E-state index in [1.807, 2.05) is 6.92 Å². The number of halogens is 3. The van der Waals surface area contributed by atoms with E-state index in [-0.39, 0.29) is 6.42 Å². The third-order valence-corrected chi connectivity index (χ3v) is 2.90. The quantitative estimate of drug-likeness (QED) is 0.680. The maximum atomic E-state index is 12.8. The molecule has 0 heterocycles. The van der Waals surface area contributed by atoms with Crippen molar-refractivity contribution in [2.45, 2.75) is 38.8 Å². The molecule has 0 amide bonds. The molecule has 0 aliphatic rings. The Balaban J connectivity index is 2.69. The largest absolute Gasteiger partial charge is 0.392 e. The summed E-state index contributed by atoms with van der Waals surface area (Å²) in [5, 5.41) is 0. The van der Waals surface area contributed by atoms with Gasteiger partial charge in [-0.3, -0.25) is 4.79 Å². The Bertz CT molecular complexity index is 370. The zero-order chi connectivity index (χ0) is 13.6. The predicted octanol–water partition coefficient (Wildman–Crippen LogP) is 4.63. The van der Waals surface area contributed by atoms with Crippen LogP contribution in [0, 0.1) is 5.92 Å². The fraction of sp³-hybridized carbons (Fsp3) is 0.500. The molecule has 0 aromatic heterocycles. The zero-order valence-corrected chi connectivity index (χ0v) is 10.3. The molecule has 0 fully saturated rings. The first kappa shape index (κ1) is 14.7. The van der Waals surface area contributed by atoms with Gasteiger partial charge < -0.3 is 0 Å². The molecule has 0 bridgehead atoms. The van der Waals surface area contributed by atoms with Gasteiger partial charge in [-0.15, -0.1) is 0 Å². The molecule has 0 aliphatic carbocycles. The minimum Gasteiger partial charge on any atom is -0.294 e. The molecule has 0 aliphatic heterocycles. The van der Waals surface area contributed by atoms with Gasteiger partial charge in [0.25, 0.3) is 0 Å². The van der Waals surface area contributed by atoms with Crippen molar-refractivity contribution in [2.75, 3.05) is 0 Å². The second-order valence-corrected chi connectivity index (χ2v) is 4.37. The van der Waals surface area contributed by atoms with E-state index in [1.165, 1.54) is 0 Å². The van der Waals surface area contributed by atoms with Gasteiger partial charge in [-0.1, -0.05) is 50.1 Å². The summed E-state index contributed by atoms with van der Waals surface area (Å²) in [4.78, 5) is 11.8. The van der Waals surface area contributed by atoms with Crippen molar-refractivity contribution in [3.8, 4) is 0 Å². The molecule has 18 heavy (non-hydrogen) atoms. The smallest absolute Gasteiger partial charge is 0.294 e. The Morgan fingerprint density at radius 2 is 1.83 bits per heavy atom. The first-order valence-corrected chi connectivity index (χ1v) is 6.10. The molecule has 0 saturated heterocycles. The average Bonchev–Trinajstić information content (AvgIpc) is 2.34. The summed E-state index contributed by atoms with van der Waals surface area (Å²) in [6, 6.07) is 8.14. The van der Waals surface area contributed by atoms with Crippen molar-refractivity contribution in [1.29, 1.82) is 0 Å². The molecule has 1 rings (SSSR count). The van der Waals surface area contributed by atoms with Crippen LogP contribution in [0.5, 0.6) is 0 Å². The standard InChI is InChI=1S/C14H17F3O/c1-2-3-9-12(14(15,16)17)10-13(18)11-7-5-4-6-8-11/h4-8,12H,2-3,9-10H2,1H3. The molecular weight excluding hydrogens is 241 g/mol. The number of hydrogen-bond donors (Lipinski definition) is 0. The maximum absolute atomic E-state index is 12.8. The fourth-order valence-electron chi connectivity index (χ4n) is 1.80. The van der Waals surface area contributed by atoms with Crippen LogP contribution in [0.25, 0.3) is 0 Å². The summed E-state index contributed by atoms with van der Waals surface area (Å²) < 4.78 is 38.3. The maximum Gasteiger partial charge on any atom is 0.392 e. The van der Waals surface area contributed by atoms with Crippen LogP contribution in [0.4, 0.5) is 13.2 Å². The molecule has 4 heteroatoms. The number of Topliss-reactive ketones (excluding diaryl/α,β-unsaturated/α-hetero) is 1. The van der Waals surface area contributed by atoms with Crippen molar-refractivity contribution in [1.82, 2.24) is 0 Å². The SMILES string of the molecule is CCCCC(CC(=O)c1ccccc1)C(F)(F)F. The van der Waals surface area contributed by atoms with Crippen LogP contribution in [0.3, 0.4) is 0 Å². The van der Waals surface area contributed by atoms with Crippen molar-refractivity contribution in [3.63, 3.8) is 0 Å². The second-order valence-electron chi connectivity index (χ2n) is 4.37. The van der Waals surface area contributed by atoms with Crippen LogP contribution >= 0.6 is 0 Å². The Kier molecular flexibility index (Phi) is 5.38. The van der Waals surface area contributed by atoms with Gasteiger partial charge >= 0.3 is 6.18 Å². The molecule has 0 radical (unpaired) electrons. The monoisotopic (exact) mass is 258 g/mol. The molecule has 0 saturated carbocycles. The molecule has 1 aromatic rings. The summed E-state index contributed by atoms with van der Waals surface area (Å²) in [6.07, 6.45) is -3.52. The number of carbonyl (C=O) groups excluding carboxylic acids is 1. The predicted molar refractivity (Wildman–Crippen MR) is 64.5 cm³/mol. The molecule has 1 nitrogen and oxygen atoms in total. The van der Waals surface area contributed by atoms with E-state index in [1.54, 1.807) is 30.3 Å². The van der Waals surface area contributed by atoms with E-state index in [0.717, 1.165) is 0 Å². The second kappa shape index (κ2) is 6.57. The number of ketones is 1. The number of unbranched alkanes of at least 4 members (excludes halogenated alkanes) is 1. The Labute approximate surface area is 105 Å². The lowest BCUT2D eigenvalue weighted by Crippen LogP contribution is -2.25. The number of hydrogen-bond acceptors (Lipinski definition) is 1. The van der Waals surface area contributed by atoms with Gasteiger partial charge in [0.15, 0.2) is 5.78 Å². The molecule has 0 spiro atoms. The van der Waals surface area contributed by atoms with Gasteiger partial charge in [0, 0.05) is 12.0 Å². The van der Waals surface area contributed by atoms with E-state index in [0.29, 0.717) is 18.4 Å². The van der Waals surface area contributed by atoms with Crippen LogP contribution in [0.1, 0.15) is 43.0 Å². The first-order chi connectivity index (χ1) is 8.45. The van der Waals surface area contributed by atoms with Crippen molar-refractivity contribution in [2.24, 2.45) is 5.92 Å². The van der Waals surface area contributed by atoms with E-state index in [4.69, 9.17) is 0 Å². The van der Waals surface area contributed by atoms with Crippen LogP contribution in [0.2, 0.25) is 0 Å². The third-order valence-electron chi connectivity index (χ3n) is 2.90. The van der Waals surface area contributed by atoms with E-state index in [9.17, 15) is 18.0 Å². The van der Waals surface area contributed by atoms with Crippen molar-refractivity contribution >= 4 is 5.78 Å². The molecule has 1 atom stereocenters. The van der Waals surface area contributed by atoms with Gasteiger partial charge in [0.05, 0.1) is 5.92 Å². The third kappa shape index (κ3) is 4.51. The first-order valence-electron chi connectivity index (χ1n) is 6.10. The minimum atomic E-state index is -4.29. The van der Waals surface area contributed by atoms with Crippen LogP contribution in [-0.4, -0.2) is 12.0 Å². The number of benzene rings is 1. The van der Waals surface area contributed by atoms with Gasteiger partial charge in [0.1, 0.15) is 0 Å². The van der Waals surface area contributed by atoms with Crippen LogP contribution < -0.4 is 0 Å². The summed E-state index contributed by atoms with van der Waals surface area (Å²) >= 11 is 0. The lowest BCUT2D eigenvalue weighted by molar-refractivity contribution is -0.175. The number of alkyl halides is 3. The topological polar surface area (TPSA) is 17.1 Å². The van der Waals surface area contributed by atoms with Crippen molar-refractivity contribution in [3.05, 3.63) is 35.9 Å². The van der Waals surface area contributed by atoms with Crippen LogP contribution in [-0.2, 0) is 0 Å². The Hall–Kier alpha value is -1.32. The summed E-state index contributed by atoms with van der Waals surface area (Å²) in [5.74, 6) is -1.96. The van der Waals surface area contributed by atoms with Gasteiger partial charge in [-0.05, 0) is 6.42 Å². The highest BCUT2D eigenvalue weighted by molar-refractivity contribution is 5.96. The van der Waals surface area contributed by atoms with Crippen molar-refractivity contribution < 1.29 is 18.0 Å². The number of rotatable bonds is 6. The van der Waals surface area contributed by atoms with E-state index < -0.39 is 24.3 Å². The normalized spacial score (nSPS) is 13.3. The molecule has 100 valence electrons. The molecule has 1 aromatic carbocycles. The molecule has 1 unspecified atom stereocenters. The lowest BCUT2D eigenvalue weighted by atomic mass is 9.93. The minimum absolute atomic E-state index is 0.0264. The summed E-state index contributed by atoms with van der Waals surface area (Å²) in [5.41, 5.74) is 0.350. The van der Waals surface area contributed by atoms with E-state index >= 15 is 0 Å². The highest BCUT2D eigenvalue weighted by atomic mass is 19.4. The highest BCUT2D eigenvalue weighted by Crippen LogP contribution is 2.33. The zero-order valence-electron chi connectivity index (χ0n) is 10.3. The highest BCUT2D eigenvalue weighted by Gasteiger charge is 2.40. The summed E-state index contributed by atoms with van der Waals surface area (Å²) in [6.45, 7) is 1.84. The fourth-order valence-corrected chi connectivity index (χ4v) is 1.80. The Morgan fingerprint density at radius 3 is 2.33 bits per heavy atom. The van der Waals surface area contributed by atoms with E-state index in [2.05, 4.69) is 0 Å². The van der Waals surface area contributed by atoms with Gasteiger partial charge in [-0.2, -0.15) is 13.2 Å². The van der Waals surface area contributed by atoms with Crippen LogP contribution in [0.15, 0.2) is 30.3 Å². The summed E-state index contributed by atoms with van der Waals surface area (Å²) in [7, 11) is 0. The Morgan fingerprint density at radius 1 is 1.22 bits per heavy atom. The van der Waals surface area contributed by atoms with Gasteiger partial charge in [-0.25, -0.2) is 0 Å². The number of carbonyl (C=O) groups is 1. The lowest BCUT2D eigenvalue weighted by Gasteiger charge is -2.19. The van der Waals surface area contributed by atoms with Gasteiger partial charge in [0.2, 0.25) is 0 Å².